The van der Waals surface area contributed by atoms with Crippen LogP contribution in [-0.2, 0) is 21.4 Å². The molecule has 0 saturated carbocycles. The largest absolute Gasteiger partial charge is 0.443 e. The highest BCUT2D eigenvalue weighted by atomic mass is 32.2. The topological polar surface area (TPSA) is 122 Å². The first-order valence-corrected chi connectivity index (χ1v) is 11.0. The number of hydrogen-bond donors (Lipinski definition) is 3. The summed E-state index contributed by atoms with van der Waals surface area (Å²) in [4.78, 5) is 11.3. The SMILES string of the molecule is CCCCNS(=O)(=O)N(CC(C)C)C[C@@H](O)[C@H](Cc1ccccc1)OC(N)=O. The number of benzene rings is 1. The molecule has 1 amide bonds. The Labute approximate surface area is 168 Å². The van der Waals surface area contributed by atoms with Gasteiger partial charge in [0.25, 0.3) is 10.2 Å². The molecule has 9 heteroatoms. The molecule has 0 saturated heterocycles. The summed E-state index contributed by atoms with van der Waals surface area (Å²) in [6.07, 6.45) is -1.39. The maximum absolute atomic E-state index is 12.7. The number of primary amides is 1. The number of nitrogens with one attached hydrogen (secondary N) is 1. The van der Waals surface area contributed by atoms with E-state index in [1.54, 1.807) is 0 Å². The fourth-order valence-corrected chi connectivity index (χ4v) is 4.15. The van der Waals surface area contributed by atoms with Crippen LogP contribution in [0.5, 0.6) is 0 Å². The van der Waals surface area contributed by atoms with Crippen molar-refractivity contribution >= 4 is 16.3 Å². The summed E-state index contributed by atoms with van der Waals surface area (Å²) in [5, 5.41) is 10.7. The van der Waals surface area contributed by atoms with Gasteiger partial charge in [-0.05, 0) is 17.9 Å². The van der Waals surface area contributed by atoms with Crippen LogP contribution in [0.15, 0.2) is 30.3 Å². The summed E-state index contributed by atoms with van der Waals surface area (Å²) in [6, 6.07) is 9.17. The van der Waals surface area contributed by atoms with Crippen molar-refractivity contribution in [1.29, 1.82) is 0 Å². The van der Waals surface area contributed by atoms with Crippen molar-refractivity contribution in [1.82, 2.24) is 9.03 Å². The molecule has 0 aliphatic rings. The first-order chi connectivity index (χ1) is 13.2. The second-order valence-corrected chi connectivity index (χ2v) is 8.95. The van der Waals surface area contributed by atoms with E-state index in [4.69, 9.17) is 10.5 Å². The summed E-state index contributed by atoms with van der Waals surface area (Å²) >= 11 is 0. The summed E-state index contributed by atoms with van der Waals surface area (Å²) in [6.45, 7) is 6.11. The van der Waals surface area contributed by atoms with Gasteiger partial charge in [-0.1, -0.05) is 57.5 Å². The molecular formula is C19H33N3O5S. The Balaban J connectivity index is 2.93. The van der Waals surface area contributed by atoms with E-state index in [1.165, 1.54) is 4.31 Å². The van der Waals surface area contributed by atoms with Gasteiger partial charge in [0.05, 0.1) is 0 Å². The number of nitrogens with zero attached hydrogens (tertiary/aromatic N) is 1. The molecule has 1 rings (SSSR count). The standard InChI is InChI=1S/C19H33N3O5S/c1-4-5-11-21-28(25,26)22(13-15(2)3)14-17(23)18(27-19(20)24)12-16-9-7-6-8-10-16/h6-10,15,17-18,21,23H,4-5,11-14H2,1-3H3,(H2,20,24)/t17-,18+/m1/s1. The Hall–Kier alpha value is -1.68. The van der Waals surface area contributed by atoms with E-state index in [9.17, 15) is 18.3 Å². The van der Waals surface area contributed by atoms with Crippen molar-refractivity contribution in [2.75, 3.05) is 19.6 Å². The van der Waals surface area contributed by atoms with Gasteiger partial charge in [-0.15, -0.1) is 0 Å². The molecule has 1 aromatic carbocycles. The minimum absolute atomic E-state index is 0.0552. The maximum Gasteiger partial charge on any atom is 0.404 e. The fourth-order valence-electron chi connectivity index (χ4n) is 2.73. The highest BCUT2D eigenvalue weighted by Crippen LogP contribution is 2.14. The number of hydrogen-bond acceptors (Lipinski definition) is 5. The highest BCUT2D eigenvalue weighted by Gasteiger charge is 2.30. The van der Waals surface area contributed by atoms with Crippen molar-refractivity contribution in [2.45, 2.75) is 52.2 Å². The smallest absolute Gasteiger partial charge is 0.404 e. The molecule has 0 aliphatic heterocycles. The first-order valence-electron chi connectivity index (χ1n) is 9.58. The molecule has 0 heterocycles. The molecule has 160 valence electrons. The molecule has 0 spiro atoms. The summed E-state index contributed by atoms with van der Waals surface area (Å²) < 4.78 is 34.1. The van der Waals surface area contributed by atoms with E-state index in [0.717, 1.165) is 18.4 Å². The monoisotopic (exact) mass is 415 g/mol. The molecule has 2 atom stereocenters. The summed E-state index contributed by atoms with van der Waals surface area (Å²) in [7, 11) is -3.77. The average Bonchev–Trinajstić information content (AvgIpc) is 2.60. The predicted molar refractivity (Wildman–Crippen MR) is 109 cm³/mol. The van der Waals surface area contributed by atoms with E-state index < -0.39 is 28.5 Å². The molecule has 1 aromatic rings. The fraction of sp³-hybridized carbons (Fsp3) is 0.632. The van der Waals surface area contributed by atoms with E-state index in [0.29, 0.717) is 6.54 Å². The van der Waals surface area contributed by atoms with Crippen LogP contribution in [0.2, 0.25) is 0 Å². The van der Waals surface area contributed by atoms with Crippen LogP contribution in [0.25, 0.3) is 0 Å². The third-order valence-electron chi connectivity index (χ3n) is 4.09. The second kappa shape index (κ2) is 12.0. The third kappa shape index (κ3) is 9.01. The number of aliphatic hydroxyl groups is 1. The van der Waals surface area contributed by atoms with Gasteiger partial charge in [0.2, 0.25) is 0 Å². The minimum atomic E-state index is -3.77. The molecular weight excluding hydrogens is 382 g/mol. The molecule has 0 fully saturated rings. The zero-order chi connectivity index (χ0) is 21.2. The maximum atomic E-state index is 12.7. The molecule has 28 heavy (non-hydrogen) atoms. The number of ether oxygens (including phenoxy) is 1. The van der Waals surface area contributed by atoms with E-state index in [-0.39, 0.29) is 25.4 Å². The molecule has 0 aliphatic carbocycles. The normalized spacial score (nSPS) is 14.2. The molecule has 0 radical (unpaired) electrons. The van der Waals surface area contributed by atoms with Gasteiger partial charge in [0, 0.05) is 26.1 Å². The Kier molecular flexibility index (Phi) is 10.4. The molecule has 0 bridgehead atoms. The van der Waals surface area contributed by atoms with Crippen LogP contribution < -0.4 is 10.5 Å². The highest BCUT2D eigenvalue weighted by molar-refractivity contribution is 7.87. The van der Waals surface area contributed by atoms with E-state index >= 15 is 0 Å². The van der Waals surface area contributed by atoms with Gasteiger partial charge >= 0.3 is 6.09 Å². The van der Waals surface area contributed by atoms with Gasteiger partial charge in [0.15, 0.2) is 0 Å². The van der Waals surface area contributed by atoms with Gasteiger partial charge in [-0.3, -0.25) is 0 Å². The zero-order valence-corrected chi connectivity index (χ0v) is 17.7. The van der Waals surface area contributed by atoms with Crippen molar-refractivity contribution in [3.05, 3.63) is 35.9 Å². The second-order valence-electron chi connectivity index (χ2n) is 7.20. The lowest BCUT2D eigenvalue weighted by molar-refractivity contribution is -0.00201. The van der Waals surface area contributed by atoms with Crippen LogP contribution in [-0.4, -0.2) is 55.8 Å². The number of carbonyl (C=O) groups is 1. The lowest BCUT2D eigenvalue weighted by atomic mass is 10.0. The summed E-state index contributed by atoms with van der Waals surface area (Å²) in [5.41, 5.74) is 5.99. The molecule has 0 unspecified atom stereocenters. The summed E-state index contributed by atoms with van der Waals surface area (Å²) in [5.74, 6) is 0.0552. The predicted octanol–water partition coefficient (Wildman–Crippen LogP) is 1.65. The van der Waals surface area contributed by atoms with Crippen LogP contribution in [0, 0.1) is 5.92 Å². The number of rotatable bonds is 13. The van der Waals surface area contributed by atoms with Gasteiger partial charge in [-0.25, -0.2) is 9.52 Å². The molecule has 0 aromatic heterocycles. The lowest BCUT2D eigenvalue weighted by Gasteiger charge is -2.29. The van der Waals surface area contributed by atoms with Crippen molar-refractivity contribution < 1.29 is 23.1 Å². The number of unbranched alkanes of at least 4 members (excludes halogenated alkanes) is 1. The number of amides is 1. The Morgan fingerprint density at radius 1 is 1.25 bits per heavy atom. The number of nitrogens with two attached hydrogens (primary N) is 1. The minimum Gasteiger partial charge on any atom is -0.443 e. The van der Waals surface area contributed by atoms with Gasteiger partial charge < -0.3 is 15.6 Å². The van der Waals surface area contributed by atoms with Crippen LogP contribution in [0.4, 0.5) is 4.79 Å². The molecule has 4 N–H and O–H groups in total. The Bertz CT molecular complexity index is 682. The van der Waals surface area contributed by atoms with E-state index in [2.05, 4.69) is 4.72 Å². The van der Waals surface area contributed by atoms with Crippen LogP contribution >= 0.6 is 0 Å². The van der Waals surface area contributed by atoms with E-state index in [1.807, 2.05) is 51.1 Å². The van der Waals surface area contributed by atoms with Crippen LogP contribution in [0.1, 0.15) is 39.2 Å². The number of aliphatic hydroxyl groups excluding tert-OH is 1. The molecule has 8 nitrogen and oxygen atoms in total. The zero-order valence-electron chi connectivity index (χ0n) is 16.9. The van der Waals surface area contributed by atoms with Crippen molar-refractivity contribution in [2.24, 2.45) is 11.7 Å². The third-order valence-corrected chi connectivity index (χ3v) is 5.64. The van der Waals surface area contributed by atoms with Crippen LogP contribution in [0.3, 0.4) is 0 Å². The van der Waals surface area contributed by atoms with Gasteiger partial charge in [0.1, 0.15) is 12.2 Å². The van der Waals surface area contributed by atoms with Gasteiger partial charge in [-0.2, -0.15) is 12.7 Å². The Morgan fingerprint density at radius 2 is 1.89 bits per heavy atom. The number of carbonyl (C=O) groups excluding carboxylic acids is 1. The van der Waals surface area contributed by atoms with Crippen molar-refractivity contribution in [3.8, 4) is 0 Å². The Morgan fingerprint density at radius 3 is 2.43 bits per heavy atom. The average molecular weight is 416 g/mol. The first kappa shape index (κ1) is 24.4. The lowest BCUT2D eigenvalue weighted by Crippen LogP contribution is -2.49. The van der Waals surface area contributed by atoms with Crippen molar-refractivity contribution in [3.63, 3.8) is 0 Å². The quantitative estimate of drug-likeness (QED) is 0.423.